The van der Waals surface area contributed by atoms with Crippen LogP contribution in [0.25, 0.3) is 0 Å². The maximum Gasteiger partial charge on any atom is 0.326 e. The molecule has 2 saturated heterocycles. The Morgan fingerprint density at radius 3 is 2.69 bits per heavy atom. The van der Waals surface area contributed by atoms with Crippen molar-refractivity contribution in [3.63, 3.8) is 0 Å². The van der Waals surface area contributed by atoms with Gasteiger partial charge >= 0.3 is 6.03 Å². The zero-order valence-electron chi connectivity index (χ0n) is 15.2. The van der Waals surface area contributed by atoms with E-state index in [9.17, 15) is 9.59 Å². The average molecular weight is 358 g/mol. The van der Waals surface area contributed by atoms with E-state index in [1.807, 2.05) is 0 Å². The fraction of sp³-hybridized carbons (Fsp3) is 0.667. The standard InChI is InChI=1S/C18H26N6O2/c1-14-4-2-3-5-18(14)16(25)24(17(26)21-18)13-22-8-10-23(11-9-22)15-12-19-6-7-20-15/h6-7,12,14H,2-5,8-11,13H2,1H3,(H,21,26)/t14-,18+/m1/s1. The van der Waals surface area contributed by atoms with Crippen LogP contribution in [-0.2, 0) is 4.79 Å². The number of amides is 3. The highest BCUT2D eigenvalue weighted by molar-refractivity contribution is 6.07. The van der Waals surface area contributed by atoms with Gasteiger partial charge in [-0.3, -0.25) is 14.7 Å². The Labute approximate surface area is 153 Å². The van der Waals surface area contributed by atoms with Crippen molar-refractivity contribution in [2.75, 3.05) is 37.7 Å². The summed E-state index contributed by atoms with van der Waals surface area (Å²) < 4.78 is 0. The number of hydrogen-bond donors (Lipinski definition) is 1. The first-order valence-electron chi connectivity index (χ1n) is 9.47. The molecule has 3 fully saturated rings. The van der Waals surface area contributed by atoms with Crippen molar-refractivity contribution in [1.29, 1.82) is 0 Å². The monoisotopic (exact) mass is 358 g/mol. The predicted octanol–water partition coefficient (Wildman–Crippen LogP) is 1.06. The van der Waals surface area contributed by atoms with Gasteiger partial charge in [0.15, 0.2) is 0 Å². The second-order valence-electron chi connectivity index (χ2n) is 7.59. The zero-order chi connectivity index (χ0) is 18.1. The molecule has 0 radical (unpaired) electrons. The van der Waals surface area contributed by atoms with Crippen molar-refractivity contribution in [2.24, 2.45) is 5.92 Å². The lowest BCUT2D eigenvalue weighted by molar-refractivity contribution is -0.135. The van der Waals surface area contributed by atoms with Crippen molar-refractivity contribution < 1.29 is 9.59 Å². The molecule has 4 rings (SSSR count). The second kappa shape index (κ2) is 6.83. The summed E-state index contributed by atoms with van der Waals surface area (Å²) in [5, 5.41) is 3.03. The molecule has 0 bridgehead atoms. The highest BCUT2D eigenvalue weighted by atomic mass is 16.2. The predicted molar refractivity (Wildman–Crippen MR) is 96.4 cm³/mol. The van der Waals surface area contributed by atoms with E-state index in [0.717, 1.165) is 57.7 Å². The number of hydrogen-bond acceptors (Lipinski definition) is 6. The van der Waals surface area contributed by atoms with Crippen LogP contribution in [0.3, 0.4) is 0 Å². The SMILES string of the molecule is C[C@@H]1CCCC[C@]12NC(=O)N(CN1CCN(c3cnccn3)CC1)C2=O. The lowest BCUT2D eigenvalue weighted by Gasteiger charge is -2.38. The van der Waals surface area contributed by atoms with Crippen LogP contribution in [0.5, 0.6) is 0 Å². The number of nitrogens with one attached hydrogen (secondary N) is 1. The van der Waals surface area contributed by atoms with Gasteiger partial charge in [-0.2, -0.15) is 0 Å². The molecule has 0 aromatic carbocycles. The number of nitrogens with zero attached hydrogens (tertiary/aromatic N) is 5. The third kappa shape index (κ3) is 2.92. The first-order valence-corrected chi connectivity index (χ1v) is 9.47. The number of carbonyl (C=O) groups is 2. The molecule has 8 nitrogen and oxygen atoms in total. The summed E-state index contributed by atoms with van der Waals surface area (Å²) in [5.74, 6) is 1.04. The van der Waals surface area contributed by atoms with E-state index in [0.29, 0.717) is 6.67 Å². The van der Waals surface area contributed by atoms with Gasteiger partial charge in [0, 0.05) is 38.6 Å². The van der Waals surface area contributed by atoms with Crippen molar-refractivity contribution in [2.45, 2.75) is 38.1 Å². The van der Waals surface area contributed by atoms with E-state index in [1.54, 1.807) is 18.6 Å². The van der Waals surface area contributed by atoms with Gasteiger partial charge in [-0.1, -0.05) is 19.8 Å². The summed E-state index contributed by atoms with van der Waals surface area (Å²) in [5.41, 5.74) is -0.670. The first kappa shape index (κ1) is 17.2. The molecule has 26 heavy (non-hydrogen) atoms. The van der Waals surface area contributed by atoms with Gasteiger partial charge in [0.2, 0.25) is 0 Å². The van der Waals surface area contributed by atoms with Gasteiger partial charge in [0.25, 0.3) is 5.91 Å². The third-order valence-electron chi connectivity index (χ3n) is 6.09. The number of anilines is 1. The minimum Gasteiger partial charge on any atom is -0.353 e. The Bertz CT molecular complexity index is 676. The van der Waals surface area contributed by atoms with E-state index in [4.69, 9.17) is 0 Å². The number of rotatable bonds is 3. The van der Waals surface area contributed by atoms with Crippen LogP contribution in [0.4, 0.5) is 10.6 Å². The Hall–Kier alpha value is -2.22. The number of carbonyl (C=O) groups excluding carboxylic acids is 2. The molecule has 1 aromatic heterocycles. The van der Waals surface area contributed by atoms with Crippen LogP contribution in [-0.4, -0.2) is 70.1 Å². The molecular formula is C18H26N6O2. The van der Waals surface area contributed by atoms with Crippen LogP contribution in [0.15, 0.2) is 18.6 Å². The van der Waals surface area contributed by atoms with E-state index in [-0.39, 0.29) is 17.9 Å². The van der Waals surface area contributed by atoms with Crippen molar-refractivity contribution in [3.05, 3.63) is 18.6 Å². The topological polar surface area (TPSA) is 81.7 Å². The Kier molecular flexibility index (Phi) is 4.52. The second-order valence-corrected chi connectivity index (χ2v) is 7.59. The largest absolute Gasteiger partial charge is 0.353 e. The van der Waals surface area contributed by atoms with Gasteiger partial charge in [-0.25, -0.2) is 14.7 Å². The maximum absolute atomic E-state index is 13.0. The summed E-state index contributed by atoms with van der Waals surface area (Å²) in [6.07, 6.45) is 9.02. The minimum absolute atomic E-state index is 0.0361. The summed E-state index contributed by atoms with van der Waals surface area (Å²) in [4.78, 5) is 39.8. The maximum atomic E-state index is 13.0. The lowest BCUT2D eigenvalue weighted by atomic mass is 9.73. The molecule has 140 valence electrons. The van der Waals surface area contributed by atoms with Crippen LogP contribution >= 0.6 is 0 Å². The van der Waals surface area contributed by atoms with Crippen LogP contribution in [0, 0.1) is 5.92 Å². The van der Waals surface area contributed by atoms with Crippen LogP contribution < -0.4 is 10.2 Å². The molecule has 3 aliphatic rings. The number of urea groups is 1. The normalized spacial score (nSPS) is 30.1. The molecule has 8 heteroatoms. The summed E-state index contributed by atoms with van der Waals surface area (Å²) in [7, 11) is 0. The molecule has 1 N–H and O–H groups in total. The average Bonchev–Trinajstić information content (AvgIpc) is 2.90. The van der Waals surface area contributed by atoms with E-state index in [2.05, 4.69) is 32.0 Å². The first-order chi connectivity index (χ1) is 12.6. The van der Waals surface area contributed by atoms with Gasteiger partial charge in [-0.15, -0.1) is 0 Å². The Balaban J connectivity index is 1.38. The summed E-state index contributed by atoms with van der Waals surface area (Å²) in [6.45, 7) is 5.65. The molecule has 3 amide bonds. The van der Waals surface area contributed by atoms with Crippen molar-refractivity contribution in [1.82, 2.24) is 25.1 Å². The summed E-state index contributed by atoms with van der Waals surface area (Å²) >= 11 is 0. The fourth-order valence-electron chi connectivity index (χ4n) is 4.40. The number of imide groups is 1. The van der Waals surface area contributed by atoms with E-state index >= 15 is 0 Å². The van der Waals surface area contributed by atoms with Gasteiger partial charge in [0.05, 0.1) is 12.9 Å². The molecule has 1 saturated carbocycles. The summed E-state index contributed by atoms with van der Waals surface area (Å²) in [6, 6.07) is -0.236. The Morgan fingerprint density at radius 2 is 2.00 bits per heavy atom. The molecule has 1 aromatic rings. The van der Waals surface area contributed by atoms with Crippen LogP contribution in [0.2, 0.25) is 0 Å². The highest BCUT2D eigenvalue weighted by Gasteiger charge is 2.55. The minimum atomic E-state index is -0.670. The van der Waals surface area contributed by atoms with Gasteiger partial charge in [0.1, 0.15) is 11.4 Å². The van der Waals surface area contributed by atoms with Crippen molar-refractivity contribution >= 4 is 17.8 Å². The quantitative estimate of drug-likeness (QED) is 0.814. The lowest BCUT2D eigenvalue weighted by Crippen LogP contribution is -2.55. The number of piperazine rings is 1. The highest BCUT2D eigenvalue weighted by Crippen LogP contribution is 2.38. The van der Waals surface area contributed by atoms with Gasteiger partial charge in [-0.05, 0) is 18.8 Å². The molecule has 0 unspecified atom stereocenters. The molecule has 1 spiro atoms. The van der Waals surface area contributed by atoms with E-state index < -0.39 is 5.54 Å². The zero-order valence-corrected chi connectivity index (χ0v) is 15.2. The van der Waals surface area contributed by atoms with Crippen LogP contribution in [0.1, 0.15) is 32.6 Å². The Morgan fingerprint density at radius 1 is 1.19 bits per heavy atom. The molecule has 2 atom stereocenters. The molecule has 3 heterocycles. The smallest absolute Gasteiger partial charge is 0.326 e. The third-order valence-corrected chi connectivity index (χ3v) is 6.09. The number of aromatic nitrogens is 2. The van der Waals surface area contributed by atoms with Gasteiger partial charge < -0.3 is 10.2 Å². The molecule has 2 aliphatic heterocycles. The molecule has 1 aliphatic carbocycles. The van der Waals surface area contributed by atoms with Crippen molar-refractivity contribution in [3.8, 4) is 0 Å². The van der Waals surface area contributed by atoms with E-state index in [1.165, 1.54) is 4.90 Å². The molecular weight excluding hydrogens is 332 g/mol. The fourth-order valence-corrected chi connectivity index (χ4v) is 4.40.